The first kappa shape index (κ1) is 26.2. The standard InChI is InChI=1S/C24H32N10O4/c1-29-24(32-21(25)26)34(2)7-6-15-8-14(9-18-19(15)37-13-36-18)10-30-22(27)33-23(28)31-11-16-4-3-5-17-20(16)38-12-35-17/h3-5,8-9H,6-7,10-13H2,1-2H3,(H4,25,26,29,32)(H5,27,28,30,31,33). The number of hydrogen-bond acceptors (Lipinski definition) is 7. The predicted octanol–water partition coefficient (Wildman–Crippen LogP) is -0.203. The summed E-state index contributed by atoms with van der Waals surface area (Å²) < 4.78 is 22.2. The number of aliphatic imine (C=N–C) groups is 4. The molecule has 9 N–H and O–H groups in total. The van der Waals surface area contributed by atoms with Crippen LogP contribution in [-0.2, 0) is 19.5 Å². The second-order valence-corrected chi connectivity index (χ2v) is 8.40. The number of likely N-dealkylation sites (N-methyl/N-ethyl adjacent to an activating group) is 1. The molecule has 2 aromatic rings. The molecule has 0 aromatic heterocycles. The molecule has 0 unspecified atom stereocenters. The third-order valence-corrected chi connectivity index (χ3v) is 5.68. The highest BCUT2D eigenvalue weighted by atomic mass is 16.7. The van der Waals surface area contributed by atoms with E-state index in [4.69, 9.17) is 41.9 Å². The molecule has 202 valence electrons. The van der Waals surface area contributed by atoms with E-state index in [-0.39, 0.29) is 31.5 Å². The molecule has 2 aromatic carbocycles. The first-order valence-corrected chi connectivity index (χ1v) is 11.8. The molecule has 0 aliphatic carbocycles. The highest BCUT2D eigenvalue weighted by molar-refractivity contribution is 5.97. The van der Waals surface area contributed by atoms with Crippen LogP contribution in [0.3, 0.4) is 0 Å². The normalized spacial score (nSPS) is 14.4. The summed E-state index contributed by atoms with van der Waals surface area (Å²) in [6.45, 7) is 1.52. The average Bonchev–Trinajstić information content (AvgIpc) is 3.57. The van der Waals surface area contributed by atoms with E-state index < -0.39 is 0 Å². The molecule has 0 radical (unpaired) electrons. The Balaban J connectivity index is 1.38. The fraction of sp³-hybridized carbons (Fsp3) is 0.333. The Labute approximate surface area is 220 Å². The molecule has 0 fully saturated rings. The average molecular weight is 525 g/mol. The molecule has 2 aliphatic heterocycles. The smallest absolute Gasteiger partial charge is 0.231 e. The van der Waals surface area contributed by atoms with Crippen LogP contribution in [0.5, 0.6) is 23.0 Å². The minimum absolute atomic E-state index is 0.0565. The van der Waals surface area contributed by atoms with Gasteiger partial charge in [-0.2, -0.15) is 4.99 Å². The van der Waals surface area contributed by atoms with Gasteiger partial charge in [0.05, 0.1) is 13.1 Å². The summed E-state index contributed by atoms with van der Waals surface area (Å²) in [4.78, 5) is 18.7. The lowest BCUT2D eigenvalue weighted by Crippen LogP contribution is -2.41. The second kappa shape index (κ2) is 11.9. The number of ether oxygens (including phenoxy) is 4. The summed E-state index contributed by atoms with van der Waals surface area (Å²) in [5, 5.41) is 2.80. The van der Waals surface area contributed by atoms with Crippen LogP contribution in [0.2, 0.25) is 0 Å². The summed E-state index contributed by atoms with van der Waals surface area (Å²) in [6.07, 6.45) is 0.629. The van der Waals surface area contributed by atoms with Crippen molar-refractivity contribution in [3.05, 3.63) is 47.0 Å². The lowest BCUT2D eigenvalue weighted by molar-refractivity contribution is 0.173. The number of para-hydroxylation sites is 1. The first-order chi connectivity index (χ1) is 18.3. The quantitative estimate of drug-likeness (QED) is 0.238. The van der Waals surface area contributed by atoms with Crippen LogP contribution in [0, 0.1) is 0 Å². The van der Waals surface area contributed by atoms with Crippen LogP contribution >= 0.6 is 0 Å². The van der Waals surface area contributed by atoms with Crippen LogP contribution in [0.4, 0.5) is 0 Å². The zero-order valence-corrected chi connectivity index (χ0v) is 21.3. The van der Waals surface area contributed by atoms with Crippen molar-refractivity contribution in [3.8, 4) is 23.0 Å². The molecule has 2 aliphatic rings. The molecule has 0 bridgehead atoms. The van der Waals surface area contributed by atoms with Gasteiger partial charge in [-0.3, -0.25) is 10.3 Å². The van der Waals surface area contributed by atoms with Gasteiger partial charge in [-0.1, -0.05) is 12.1 Å². The van der Waals surface area contributed by atoms with Crippen molar-refractivity contribution in [1.29, 1.82) is 0 Å². The number of guanidine groups is 4. The fourth-order valence-corrected chi connectivity index (χ4v) is 3.91. The molecule has 0 saturated carbocycles. The minimum atomic E-state index is -0.0565. The number of nitrogens with two attached hydrogens (primary N) is 4. The number of benzene rings is 2. The number of fused-ring (bicyclic) bond motifs is 2. The molecule has 2 heterocycles. The molecule has 14 nitrogen and oxygen atoms in total. The van der Waals surface area contributed by atoms with E-state index in [2.05, 4.69) is 25.3 Å². The summed E-state index contributed by atoms with van der Waals surface area (Å²) >= 11 is 0. The van der Waals surface area contributed by atoms with Gasteiger partial charge in [-0.15, -0.1) is 0 Å². The summed E-state index contributed by atoms with van der Waals surface area (Å²) in [5.74, 6) is 3.34. The van der Waals surface area contributed by atoms with Crippen LogP contribution in [-0.4, -0.2) is 63.0 Å². The van der Waals surface area contributed by atoms with Crippen LogP contribution < -0.4 is 47.2 Å². The number of nitrogens with zero attached hydrogens (tertiary/aromatic N) is 5. The maximum atomic E-state index is 6.04. The van der Waals surface area contributed by atoms with E-state index in [9.17, 15) is 0 Å². The minimum Gasteiger partial charge on any atom is -0.454 e. The zero-order valence-electron chi connectivity index (χ0n) is 21.3. The van der Waals surface area contributed by atoms with E-state index in [0.29, 0.717) is 55.0 Å². The van der Waals surface area contributed by atoms with Gasteiger partial charge < -0.3 is 46.8 Å². The van der Waals surface area contributed by atoms with Crippen molar-refractivity contribution in [2.45, 2.75) is 19.5 Å². The lowest BCUT2D eigenvalue weighted by Gasteiger charge is -2.18. The second-order valence-electron chi connectivity index (χ2n) is 8.40. The van der Waals surface area contributed by atoms with E-state index in [0.717, 1.165) is 16.7 Å². The number of rotatable bonds is 7. The van der Waals surface area contributed by atoms with Crippen molar-refractivity contribution in [2.75, 3.05) is 34.2 Å². The number of hydrogen-bond donors (Lipinski definition) is 5. The molecule has 38 heavy (non-hydrogen) atoms. The Morgan fingerprint density at radius 1 is 0.895 bits per heavy atom. The maximum absolute atomic E-state index is 6.04. The van der Waals surface area contributed by atoms with Gasteiger partial charge in [0.1, 0.15) is 0 Å². The molecular formula is C24H32N10O4. The Morgan fingerprint density at radius 2 is 1.58 bits per heavy atom. The zero-order chi connectivity index (χ0) is 27.1. The molecule has 0 amide bonds. The van der Waals surface area contributed by atoms with Crippen LogP contribution in [0.1, 0.15) is 16.7 Å². The lowest BCUT2D eigenvalue weighted by atomic mass is 10.1. The van der Waals surface area contributed by atoms with Crippen molar-refractivity contribution in [1.82, 2.24) is 10.2 Å². The van der Waals surface area contributed by atoms with Crippen LogP contribution in [0.15, 0.2) is 50.3 Å². The number of nitrogens with one attached hydrogen (secondary N) is 1. The van der Waals surface area contributed by atoms with Gasteiger partial charge in [0, 0.05) is 31.8 Å². The highest BCUT2D eigenvalue weighted by Crippen LogP contribution is 2.38. The third kappa shape index (κ3) is 6.46. The molecule has 0 saturated heterocycles. The monoisotopic (exact) mass is 524 g/mol. The van der Waals surface area contributed by atoms with E-state index in [1.54, 1.807) is 7.05 Å². The largest absolute Gasteiger partial charge is 0.454 e. The topological polar surface area (TPSA) is 206 Å². The molecular weight excluding hydrogens is 492 g/mol. The van der Waals surface area contributed by atoms with E-state index in [1.807, 2.05) is 42.3 Å². The van der Waals surface area contributed by atoms with Gasteiger partial charge in [-0.25, -0.2) is 9.98 Å². The van der Waals surface area contributed by atoms with Gasteiger partial charge in [-0.05, 0) is 30.2 Å². The molecule has 14 heteroatoms. The Morgan fingerprint density at radius 3 is 2.29 bits per heavy atom. The predicted molar refractivity (Wildman–Crippen MR) is 144 cm³/mol. The Kier molecular flexibility index (Phi) is 8.20. The first-order valence-electron chi connectivity index (χ1n) is 11.8. The SMILES string of the molecule is CN=C(N=C(N)N)N(C)CCc1cc(CN=C(N)NC(N)=NCc2cccc3c2OCO3)cc2c1OCO2. The summed E-state index contributed by atoms with van der Waals surface area (Å²) in [6, 6.07) is 9.48. The Bertz CT molecular complexity index is 1290. The highest BCUT2D eigenvalue weighted by Gasteiger charge is 2.20. The van der Waals surface area contributed by atoms with Crippen molar-refractivity contribution in [2.24, 2.45) is 42.9 Å². The fourth-order valence-electron chi connectivity index (χ4n) is 3.91. The maximum Gasteiger partial charge on any atom is 0.231 e. The Hall–Kier alpha value is -4.88. The van der Waals surface area contributed by atoms with Gasteiger partial charge >= 0.3 is 0 Å². The van der Waals surface area contributed by atoms with Crippen molar-refractivity contribution >= 4 is 23.8 Å². The van der Waals surface area contributed by atoms with Crippen molar-refractivity contribution < 1.29 is 18.9 Å². The van der Waals surface area contributed by atoms with E-state index in [1.165, 1.54) is 0 Å². The van der Waals surface area contributed by atoms with Gasteiger partial charge in [0.25, 0.3) is 0 Å². The van der Waals surface area contributed by atoms with Gasteiger partial charge in [0.15, 0.2) is 40.9 Å². The molecule has 0 atom stereocenters. The third-order valence-electron chi connectivity index (χ3n) is 5.68. The van der Waals surface area contributed by atoms with Crippen molar-refractivity contribution in [3.63, 3.8) is 0 Å². The molecule has 4 rings (SSSR count). The summed E-state index contributed by atoms with van der Waals surface area (Å²) in [5.41, 5.74) is 25.7. The molecule has 0 spiro atoms. The van der Waals surface area contributed by atoms with E-state index >= 15 is 0 Å². The van der Waals surface area contributed by atoms with Crippen LogP contribution in [0.25, 0.3) is 0 Å². The summed E-state index contributed by atoms with van der Waals surface area (Å²) in [7, 11) is 3.48. The van der Waals surface area contributed by atoms with Gasteiger partial charge in [0.2, 0.25) is 19.5 Å².